The molecule has 224 valence electrons. The number of nitrogens with zero attached hydrogens (tertiary/aromatic N) is 4. The summed E-state index contributed by atoms with van der Waals surface area (Å²) in [5.74, 6) is 5.63. The molecule has 0 bridgehead atoms. The van der Waals surface area contributed by atoms with Gasteiger partial charge in [-0.3, -0.25) is 14.5 Å². The van der Waals surface area contributed by atoms with Crippen molar-refractivity contribution < 1.29 is 14.7 Å². The number of halogens is 2. The minimum Gasteiger partial charge on any atom is -0.390 e. The van der Waals surface area contributed by atoms with Crippen LogP contribution in [0.5, 0.6) is 0 Å². The van der Waals surface area contributed by atoms with Crippen LogP contribution in [0.25, 0.3) is 5.69 Å². The summed E-state index contributed by atoms with van der Waals surface area (Å²) >= 11 is 0. The molecule has 1 aromatic carbocycles. The Morgan fingerprint density at radius 3 is 2.37 bits per heavy atom. The average molecular weight is 605 g/mol. The van der Waals surface area contributed by atoms with E-state index >= 15 is 0 Å². The maximum Gasteiger partial charge on any atom is 0.249 e. The van der Waals surface area contributed by atoms with Gasteiger partial charge in [-0.25, -0.2) is 4.68 Å². The quantitative estimate of drug-likeness (QED) is 0.488. The molecule has 1 aliphatic carbocycles. The van der Waals surface area contributed by atoms with Crippen LogP contribution in [0.4, 0.5) is 0 Å². The number of hydrogen-bond acceptors (Lipinski definition) is 5. The standard InChI is InChI=1S/C31H41N5O3.2ClH/c1-4-5-18-35-29(38)27(28(37)24-12-8-6-9-13-24)32-30(39)31(35)16-19-34(20-17-31)21-26-22(2)33-36(23(26)3)25-14-10-7-11-15-25;;/h7,10-11,14-15,24,27-28,37H,6,8-9,12-13,16-21H2,1-3H3,(H,32,39);2*1H/t27-,28-;;/m1../s1. The lowest BCUT2D eigenvalue weighted by Gasteiger charge is -2.52. The Balaban J connectivity index is 0.00000231. The topological polar surface area (TPSA) is 90.7 Å². The van der Waals surface area contributed by atoms with Gasteiger partial charge >= 0.3 is 0 Å². The first-order chi connectivity index (χ1) is 18.9. The first kappa shape index (κ1) is 32.9. The average Bonchev–Trinajstić information content (AvgIpc) is 3.25. The summed E-state index contributed by atoms with van der Waals surface area (Å²) in [6.07, 6.45) is 5.29. The van der Waals surface area contributed by atoms with Gasteiger partial charge in [0.05, 0.1) is 24.0 Å². The van der Waals surface area contributed by atoms with Crippen molar-refractivity contribution in [2.75, 3.05) is 19.6 Å². The zero-order chi connectivity index (χ0) is 27.6. The van der Waals surface area contributed by atoms with E-state index in [1.54, 1.807) is 11.8 Å². The van der Waals surface area contributed by atoms with E-state index in [4.69, 9.17) is 5.10 Å². The lowest BCUT2D eigenvalue weighted by Crippen LogP contribution is -2.75. The highest BCUT2D eigenvalue weighted by molar-refractivity contribution is 6.00. The second-order valence-electron chi connectivity index (χ2n) is 11.4. The minimum atomic E-state index is -0.932. The zero-order valence-corrected chi connectivity index (χ0v) is 25.9. The molecule has 2 saturated heterocycles. The number of aromatic nitrogens is 2. The molecule has 3 heterocycles. The van der Waals surface area contributed by atoms with Crippen LogP contribution in [-0.4, -0.2) is 73.8 Å². The first-order valence-corrected chi connectivity index (χ1v) is 14.4. The number of hydrogen-bond donors (Lipinski definition) is 2. The largest absolute Gasteiger partial charge is 0.390 e. The molecule has 5 rings (SSSR count). The highest BCUT2D eigenvalue weighted by Gasteiger charge is 2.55. The van der Waals surface area contributed by atoms with Crippen molar-refractivity contribution in [1.29, 1.82) is 0 Å². The molecule has 0 radical (unpaired) electrons. The van der Waals surface area contributed by atoms with Crippen LogP contribution >= 0.6 is 24.8 Å². The summed E-state index contributed by atoms with van der Waals surface area (Å²) < 4.78 is 1.99. The van der Waals surface area contributed by atoms with Gasteiger partial charge in [0.25, 0.3) is 0 Å². The number of piperidine rings is 1. The van der Waals surface area contributed by atoms with Crippen LogP contribution in [0.3, 0.4) is 0 Å². The Kier molecular flexibility index (Phi) is 11.3. The summed E-state index contributed by atoms with van der Waals surface area (Å²) in [6, 6.07) is 9.24. The Morgan fingerprint density at radius 1 is 1.07 bits per heavy atom. The van der Waals surface area contributed by atoms with Crippen molar-refractivity contribution in [3.05, 3.63) is 47.3 Å². The Bertz CT molecular complexity index is 1260. The number of aliphatic hydroxyl groups is 1. The molecule has 1 spiro atoms. The third-order valence-corrected chi connectivity index (χ3v) is 9.15. The number of carbonyl (C=O) groups is 2. The van der Waals surface area contributed by atoms with Crippen molar-refractivity contribution in [1.82, 2.24) is 24.9 Å². The molecule has 10 heteroatoms. The van der Waals surface area contributed by atoms with Crippen LogP contribution in [0.1, 0.15) is 68.8 Å². The fraction of sp³-hybridized carbons (Fsp3) is 0.581. The van der Waals surface area contributed by atoms with Crippen molar-refractivity contribution >= 4 is 36.6 Å². The molecule has 2 N–H and O–H groups in total. The van der Waals surface area contributed by atoms with Gasteiger partial charge in [0.1, 0.15) is 11.6 Å². The zero-order valence-electron chi connectivity index (χ0n) is 24.3. The Morgan fingerprint density at radius 2 is 1.73 bits per heavy atom. The number of nitrogens with one attached hydrogen (secondary N) is 1. The van der Waals surface area contributed by atoms with E-state index < -0.39 is 17.7 Å². The van der Waals surface area contributed by atoms with E-state index in [9.17, 15) is 14.7 Å². The molecule has 41 heavy (non-hydrogen) atoms. The maximum absolute atomic E-state index is 13.8. The summed E-state index contributed by atoms with van der Waals surface area (Å²) in [5.41, 5.74) is 3.42. The first-order valence-electron chi connectivity index (χ1n) is 14.4. The van der Waals surface area contributed by atoms with Gasteiger partial charge < -0.3 is 15.3 Å². The Labute approximate surface area is 256 Å². The minimum absolute atomic E-state index is 0. The molecule has 1 aromatic heterocycles. The van der Waals surface area contributed by atoms with Gasteiger partial charge in [0.2, 0.25) is 11.8 Å². The molecule has 8 nitrogen and oxygen atoms in total. The van der Waals surface area contributed by atoms with Crippen molar-refractivity contribution in [3.63, 3.8) is 0 Å². The molecule has 2 amide bonds. The molecule has 2 atom stereocenters. The van der Waals surface area contributed by atoms with E-state index in [0.717, 1.165) is 55.7 Å². The maximum atomic E-state index is 13.8. The summed E-state index contributed by atoms with van der Waals surface area (Å²) in [6.45, 7) is 8.21. The van der Waals surface area contributed by atoms with Gasteiger partial charge in [-0.15, -0.1) is 30.7 Å². The fourth-order valence-corrected chi connectivity index (χ4v) is 6.73. The van der Waals surface area contributed by atoms with Crippen LogP contribution in [0.2, 0.25) is 0 Å². The SMILES string of the molecule is CC#CCN1C(=O)[C@@H]([C@H](O)C2CCCCC2)NC(=O)C12CCN(Cc1c(C)nn(-c3ccccc3)c1C)CC2.Cl.Cl. The number of benzene rings is 1. The summed E-state index contributed by atoms with van der Waals surface area (Å²) in [7, 11) is 0. The van der Waals surface area contributed by atoms with Gasteiger partial charge in [0.15, 0.2) is 0 Å². The molecule has 3 fully saturated rings. The summed E-state index contributed by atoms with van der Waals surface area (Å²) in [5, 5.41) is 18.9. The van der Waals surface area contributed by atoms with Crippen LogP contribution in [-0.2, 0) is 16.1 Å². The van der Waals surface area contributed by atoms with Crippen molar-refractivity contribution in [2.24, 2.45) is 5.92 Å². The summed E-state index contributed by atoms with van der Waals surface area (Å²) in [4.78, 5) is 31.5. The van der Waals surface area contributed by atoms with E-state index in [1.807, 2.05) is 29.8 Å². The lowest BCUT2D eigenvalue weighted by atomic mass is 9.78. The van der Waals surface area contributed by atoms with E-state index in [1.165, 1.54) is 5.56 Å². The van der Waals surface area contributed by atoms with Gasteiger partial charge in [-0.2, -0.15) is 5.10 Å². The highest BCUT2D eigenvalue weighted by atomic mass is 35.5. The van der Waals surface area contributed by atoms with E-state index in [-0.39, 0.29) is 49.1 Å². The molecule has 2 aliphatic heterocycles. The van der Waals surface area contributed by atoms with Crippen LogP contribution in [0.15, 0.2) is 30.3 Å². The molecular formula is C31H43Cl2N5O3. The Hall–Kier alpha value is -2.57. The third kappa shape index (κ3) is 6.44. The molecular weight excluding hydrogens is 561 g/mol. The highest BCUT2D eigenvalue weighted by Crippen LogP contribution is 2.36. The van der Waals surface area contributed by atoms with Gasteiger partial charge in [-0.1, -0.05) is 43.4 Å². The van der Waals surface area contributed by atoms with Gasteiger partial charge in [0, 0.05) is 30.9 Å². The normalized spacial score (nSPS) is 21.8. The number of rotatable bonds is 6. The number of piperazine rings is 1. The predicted octanol–water partition coefficient (Wildman–Crippen LogP) is 3.96. The number of aryl methyl sites for hydroxylation is 1. The lowest BCUT2D eigenvalue weighted by molar-refractivity contribution is -0.164. The molecule has 0 unspecified atom stereocenters. The molecule has 2 aromatic rings. The van der Waals surface area contributed by atoms with E-state index in [2.05, 4.69) is 41.1 Å². The van der Waals surface area contributed by atoms with E-state index in [0.29, 0.717) is 25.9 Å². The molecule has 3 aliphatic rings. The third-order valence-electron chi connectivity index (χ3n) is 9.15. The van der Waals surface area contributed by atoms with Crippen molar-refractivity contribution in [2.45, 2.75) is 89.9 Å². The number of likely N-dealkylation sites (tertiary alicyclic amines) is 1. The van der Waals surface area contributed by atoms with Crippen molar-refractivity contribution in [3.8, 4) is 17.5 Å². The second kappa shape index (κ2) is 14.1. The van der Waals surface area contributed by atoms with Gasteiger partial charge in [-0.05, 0) is 64.5 Å². The fourth-order valence-electron chi connectivity index (χ4n) is 6.73. The number of amides is 2. The number of carbonyl (C=O) groups excluding carboxylic acids is 2. The number of aliphatic hydroxyl groups excluding tert-OH is 1. The smallest absolute Gasteiger partial charge is 0.249 e. The van der Waals surface area contributed by atoms with Crippen LogP contribution in [0, 0.1) is 31.6 Å². The molecule has 1 saturated carbocycles. The van der Waals surface area contributed by atoms with Crippen LogP contribution < -0.4 is 5.32 Å². The predicted molar refractivity (Wildman–Crippen MR) is 164 cm³/mol. The second-order valence-corrected chi connectivity index (χ2v) is 11.4. The number of para-hydroxylation sites is 1. The monoisotopic (exact) mass is 603 g/mol.